The third kappa shape index (κ3) is 4.26. The lowest BCUT2D eigenvalue weighted by Crippen LogP contribution is -2.24. The minimum absolute atomic E-state index is 0.0831. The summed E-state index contributed by atoms with van der Waals surface area (Å²) in [4.78, 5) is 38.1. The van der Waals surface area contributed by atoms with Crippen LogP contribution in [0.3, 0.4) is 0 Å². The first kappa shape index (κ1) is 22.3. The summed E-state index contributed by atoms with van der Waals surface area (Å²) in [6, 6.07) is 7.25. The minimum atomic E-state index is -0.0831. The molecule has 1 aliphatic rings. The number of thiophene rings is 1. The average Bonchev–Trinajstić information content (AvgIpc) is 3.15. The molecule has 0 fully saturated rings. The van der Waals surface area contributed by atoms with Crippen molar-refractivity contribution in [2.75, 3.05) is 0 Å². The molecular formula is C25H28N4O2S2. The molecule has 0 aromatic carbocycles. The highest BCUT2D eigenvalue weighted by atomic mass is 32.2. The first-order chi connectivity index (χ1) is 15.9. The van der Waals surface area contributed by atoms with Crippen LogP contribution in [0.25, 0.3) is 15.9 Å². The maximum absolute atomic E-state index is 13.6. The molecule has 33 heavy (non-hydrogen) atoms. The molecule has 5 rings (SSSR count). The lowest BCUT2D eigenvalue weighted by atomic mass is 9.97. The zero-order valence-electron chi connectivity index (χ0n) is 19.3. The molecule has 0 radical (unpaired) electrons. The van der Waals surface area contributed by atoms with Gasteiger partial charge in [0.25, 0.3) is 11.1 Å². The van der Waals surface area contributed by atoms with E-state index in [9.17, 15) is 9.59 Å². The van der Waals surface area contributed by atoms with Gasteiger partial charge in [0.1, 0.15) is 10.5 Å². The van der Waals surface area contributed by atoms with E-state index in [2.05, 4.69) is 18.8 Å². The highest BCUT2D eigenvalue weighted by molar-refractivity contribution is 7.98. The molecule has 0 aliphatic heterocycles. The Balaban J connectivity index is 1.54. The first-order valence-electron chi connectivity index (χ1n) is 11.6. The van der Waals surface area contributed by atoms with Crippen LogP contribution >= 0.6 is 23.1 Å². The predicted octanol–water partition coefficient (Wildman–Crippen LogP) is 4.99. The average molecular weight is 481 g/mol. The summed E-state index contributed by atoms with van der Waals surface area (Å²) in [6.07, 6.45) is 5.28. The number of nitrogens with zero attached hydrogens (tertiary/aromatic N) is 4. The monoisotopic (exact) mass is 480 g/mol. The van der Waals surface area contributed by atoms with Crippen molar-refractivity contribution in [2.45, 2.75) is 70.3 Å². The Hall–Kier alpha value is -2.45. The molecule has 8 heteroatoms. The van der Waals surface area contributed by atoms with Crippen LogP contribution in [-0.2, 0) is 25.1 Å². The highest BCUT2D eigenvalue weighted by Crippen LogP contribution is 2.35. The van der Waals surface area contributed by atoms with Crippen LogP contribution in [0, 0.1) is 12.8 Å². The molecule has 4 aromatic heterocycles. The Kier molecular flexibility index (Phi) is 6.14. The molecule has 0 unspecified atom stereocenters. The number of thioether (sulfide) groups is 1. The van der Waals surface area contributed by atoms with E-state index in [-0.39, 0.29) is 11.1 Å². The molecular weight excluding hydrogens is 452 g/mol. The van der Waals surface area contributed by atoms with Crippen LogP contribution in [0.5, 0.6) is 0 Å². The van der Waals surface area contributed by atoms with Crippen LogP contribution in [0.15, 0.2) is 39.0 Å². The van der Waals surface area contributed by atoms with Gasteiger partial charge in [0.2, 0.25) is 0 Å². The summed E-state index contributed by atoms with van der Waals surface area (Å²) in [5.41, 5.74) is 3.44. The Bertz CT molecular complexity index is 1470. The molecule has 4 aromatic rings. The molecule has 0 amide bonds. The number of aryl methyl sites for hydroxylation is 3. The third-order valence-electron chi connectivity index (χ3n) is 6.25. The summed E-state index contributed by atoms with van der Waals surface area (Å²) in [5.74, 6) is 0.983. The fraction of sp³-hybridized carbons (Fsp3) is 0.440. The summed E-state index contributed by atoms with van der Waals surface area (Å²) < 4.78 is 3.47. The van der Waals surface area contributed by atoms with Gasteiger partial charge in [-0.05, 0) is 62.6 Å². The number of rotatable bonds is 6. The van der Waals surface area contributed by atoms with E-state index in [1.54, 1.807) is 21.8 Å². The van der Waals surface area contributed by atoms with Crippen molar-refractivity contribution in [1.29, 1.82) is 0 Å². The molecule has 0 bridgehead atoms. The van der Waals surface area contributed by atoms with Gasteiger partial charge in [0.05, 0.1) is 11.1 Å². The number of fused-ring (bicyclic) bond motifs is 4. The van der Waals surface area contributed by atoms with Crippen LogP contribution in [0.4, 0.5) is 0 Å². The summed E-state index contributed by atoms with van der Waals surface area (Å²) in [5, 5.41) is 1.55. The summed E-state index contributed by atoms with van der Waals surface area (Å²) in [7, 11) is 0. The van der Waals surface area contributed by atoms with Crippen LogP contribution in [0.2, 0.25) is 0 Å². The van der Waals surface area contributed by atoms with Crippen LogP contribution < -0.4 is 11.1 Å². The highest BCUT2D eigenvalue weighted by Gasteiger charge is 2.22. The van der Waals surface area contributed by atoms with Gasteiger partial charge in [0, 0.05) is 28.9 Å². The van der Waals surface area contributed by atoms with Crippen molar-refractivity contribution in [3.63, 3.8) is 0 Å². The molecule has 1 aliphatic carbocycles. The van der Waals surface area contributed by atoms with E-state index in [4.69, 9.17) is 4.98 Å². The SMILES string of the molecule is Cc1cccc2nc(CSc3nc4sc5c(c4c(=O)n3CCC(C)C)CCCC5)cc(=O)n12. The molecule has 0 saturated carbocycles. The second-order valence-corrected chi connectivity index (χ2v) is 11.2. The van der Waals surface area contributed by atoms with Crippen molar-refractivity contribution in [2.24, 2.45) is 5.92 Å². The number of hydrogen-bond acceptors (Lipinski definition) is 6. The van der Waals surface area contributed by atoms with Crippen LogP contribution in [-0.4, -0.2) is 18.9 Å². The maximum Gasteiger partial charge on any atom is 0.263 e. The number of hydrogen-bond donors (Lipinski definition) is 0. The van der Waals surface area contributed by atoms with Crippen LogP contribution in [0.1, 0.15) is 54.9 Å². The second-order valence-electron chi connectivity index (χ2n) is 9.16. The molecule has 0 spiro atoms. The van der Waals surface area contributed by atoms with Gasteiger partial charge in [-0.25, -0.2) is 9.97 Å². The van der Waals surface area contributed by atoms with Gasteiger partial charge in [-0.2, -0.15) is 0 Å². The molecule has 0 saturated heterocycles. The zero-order valence-corrected chi connectivity index (χ0v) is 20.9. The summed E-state index contributed by atoms with van der Waals surface area (Å²) >= 11 is 3.18. The van der Waals surface area contributed by atoms with Crippen molar-refractivity contribution in [3.8, 4) is 0 Å². The smallest absolute Gasteiger partial charge is 0.263 e. The Morgan fingerprint density at radius 3 is 2.79 bits per heavy atom. The van der Waals surface area contributed by atoms with E-state index in [1.165, 1.54) is 28.6 Å². The van der Waals surface area contributed by atoms with Crippen molar-refractivity contribution in [1.82, 2.24) is 18.9 Å². The van der Waals surface area contributed by atoms with Gasteiger partial charge in [-0.1, -0.05) is 31.7 Å². The standard InChI is InChI=1S/C25H28N4O2S2/c1-15(2)11-12-28-24(31)22-18-8-4-5-9-19(18)33-23(22)27-25(28)32-14-17-13-21(30)29-16(3)7-6-10-20(29)26-17/h6-7,10,13,15H,4-5,8-9,11-12,14H2,1-3H3. The summed E-state index contributed by atoms with van der Waals surface area (Å²) in [6.45, 7) is 6.90. The number of aromatic nitrogens is 4. The fourth-order valence-electron chi connectivity index (χ4n) is 4.49. The molecule has 6 nitrogen and oxygen atoms in total. The van der Waals surface area contributed by atoms with E-state index in [0.717, 1.165) is 46.8 Å². The first-order valence-corrected chi connectivity index (χ1v) is 13.4. The maximum atomic E-state index is 13.6. The van der Waals surface area contributed by atoms with E-state index >= 15 is 0 Å². The quantitative estimate of drug-likeness (QED) is 0.287. The normalized spacial score (nSPS) is 13.8. The Morgan fingerprint density at radius 1 is 1.15 bits per heavy atom. The van der Waals surface area contributed by atoms with Gasteiger partial charge >= 0.3 is 0 Å². The topological polar surface area (TPSA) is 69.3 Å². The largest absolute Gasteiger partial charge is 0.287 e. The van der Waals surface area contributed by atoms with Gasteiger partial charge in [0.15, 0.2) is 5.16 Å². The van der Waals surface area contributed by atoms with Gasteiger partial charge in [-0.15, -0.1) is 11.3 Å². The zero-order chi connectivity index (χ0) is 23.1. The molecule has 172 valence electrons. The second kappa shape index (κ2) is 9.06. The Labute approximate surface area is 200 Å². The molecule has 0 atom stereocenters. The Morgan fingerprint density at radius 2 is 1.97 bits per heavy atom. The number of pyridine rings is 1. The van der Waals surface area contributed by atoms with E-state index in [0.29, 0.717) is 29.6 Å². The fourth-order valence-corrected chi connectivity index (χ4v) is 6.71. The molecule has 0 N–H and O–H groups in total. The molecule has 4 heterocycles. The predicted molar refractivity (Wildman–Crippen MR) is 136 cm³/mol. The minimum Gasteiger partial charge on any atom is -0.287 e. The van der Waals surface area contributed by atoms with Crippen molar-refractivity contribution >= 4 is 39.0 Å². The third-order valence-corrected chi connectivity index (χ3v) is 8.45. The van der Waals surface area contributed by atoms with Gasteiger partial charge in [-0.3, -0.25) is 18.6 Å². The van der Waals surface area contributed by atoms with Gasteiger partial charge < -0.3 is 0 Å². The van der Waals surface area contributed by atoms with E-state index < -0.39 is 0 Å². The van der Waals surface area contributed by atoms with Crippen molar-refractivity contribution < 1.29 is 0 Å². The lowest BCUT2D eigenvalue weighted by molar-refractivity contribution is 0.481. The van der Waals surface area contributed by atoms with E-state index in [1.807, 2.05) is 29.7 Å². The lowest BCUT2D eigenvalue weighted by Gasteiger charge is -2.14. The van der Waals surface area contributed by atoms with Crippen molar-refractivity contribution in [3.05, 3.63) is 66.8 Å².